The SMILES string of the molecule is COCCCN1C(=O)C(=O)/C(=C(\O)c2ccc3ccccc3c2)C1c1ccc(C(C)C)cc1. The summed E-state index contributed by atoms with van der Waals surface area (Å²) < 4.78 is 5.15. The number of methoxy groups -OCH3 is 1. The Morgan fingerprint density at radius 2 is 1.70 bits per heavy atom. The van der Waals surface area contributed by atoms with Crippen molar-refractivity contribution in [3.63, 3.8) is 0 Å². The number of carbonyl (C=O) groups is 2. The standard InChI is InChI=1S/C28H29NO4/c1-18(2)19-9-12-21(13-10-19)25-24(27(31)28(32)29(25)15-6-16-33-3)26(30)23-14-11-20-7-4-5-8-22(20)17-23/h4-5,7-14,17-18,25,30H,6,15-16H2,1-3H3/b26-24-. The molecule has 170 valence electrons. The summed E-state index contributed by atoms with van der Waals surface area (Å²) >= 11 is 0. The van der Waals surface area contributed by atoms with E-state index in [1.165, 1.54) is 5.56 Å². The number of carbonyl (C=O) groups excluding carboxylic acids is 2. The Kier molecular flexibility index (Phi) is 6.61. The van der Waals surface area contributed by atoms with E-state index in [4.69, 9.17) is 4.74 Å². The van der Waals surface area contributed by atoms with E-state index in [-0.39, 0.29) is 11.3 Å². The third-order valence-electron chi connectivity index (χ3n) is 6.23. The first-order chi connectivity index (χ1) is 15.9. The average molecular weight is 444 g/mol. The first-order valence-electron chi connectivity index (χ1n) is 11.3. The van der Waals surface area contributed by atoms with Gasteiger partial charge >= 0.3 is 0 Å². The third kappa shape index (κ3) is 4.41. The van der Waals surface area contributed by atoms with Gasteiger partial charge in [-0.15, -0.1) is 0 Å². The molecule has 0 radical (unpaired) electrons. The van der Waals surface area contributed by atoms with Gasteiger partial charge in [-0.1, -0.05) is 74.5 Å². The number of ketones is 1. The number of likely N-dealkylation sites (tertiary alicyclic amines) is 1. The molecule has 33 heavy (non-hydrogen) atoms. The summed E-state index contributed by atoms with van der Waals surface area (Å²) in [6, 6.07) is 20.7. The van der Waals surface area contributed by atoms with Crippen molar-refractivity contribution >= 4 is 28.2 Å². The van der Waals surface area contributed by atoms with Crippen LogP contribution in [0.4, 0.5) is 0 Å². The van der Waals surface area contributed by atoms with E-state index in [9.17, 15) is 14.7 Å². The van der Waals surface area contributed by atoms with Crippen LogP contribution in [0.5, 0.6) is 0 Å². The lowest BCUT2D eigenvalue weighted by molar-refractivity contribution is -0.140. The summed E-state index contributed by atoms with van der Waals surface area (Å²) in [5.41, 5.74) is 2.63. The van der Waals surface area contributed by atoms with Crippen LogP contribution in [0, 0.1) is 0 Å². The molecule has 1 fully saturated rings. The molecule has 1 unspecified atom stereocenters. The maximum absolute atomic E-state index is 13.1. The third-order valence-corrected chi connectivity index (χ3v) is 6.23. The molecule has 5 heteroatoms. The summed E-state index contributed by atoms with van der Waals surface area (Å²) in [6.07, 6.45) is 0.597. The first-order valence-corrected chi connectivity index (χ1v) is 11.3. The lowest BCUT2D eigenvalue weighted by atomic mass is 9.92. The van der Waals surface area contributed by atoms with E-state index in [0.717, 1.165) is 16.3 Å². The fraction of sp³-hybridized carbons (Fsp3) is 0.286. The van der Waals surface area contributed by atoms with Gasteiger partial charge in [-0.3, -0.25) is 9.59 Å². The molecule has 0 aromatic heterocycles. The number of ether oxygens (including phenoxy) is 1. The molecule has 1 aliphatic rings. The Morgan fingerprint density at radius 3 is 2.36 bits per heavy atom. The highest BCUT2D eigenvalue weighted by molar-refractivity contribution is 6.46. The molecule has 1 aliphatic heterocycles. The van der Waals surface area contributed by atoms with Crippen molar-refractivity contribution < 1.29 is 19.4 Å². The Morgan fingerprint density at radius 1 is 1.00 bits per heavy atom. The smallest absolute Gasteiger partial charge is 0.295 e. The summed E-state index contributed by atoms with van der Waals surface area (Å²) in [6.45, 7) is 5.08. The van der Waals surface area contributed by atoms with Gasteiger partial charge in [0.2, 0.25) is 0 Å². The van der Waals surface area contributed by atoms with Gasteiger partial charge < -0.3 is 14.7 Å². The second-order valence-corrected chi connectivity index (χ2v) is 8.72. The number of amides is 1. The van der Waals surface area contributed by atoms with Crippen molar-refractivity contribution in [2.45, 2.75) is 32.2 Å². The second kappa shape index (κ2) is 9.59. The lowest BCUT2D eigenvalue weighted by Crippen LogP contribution is -2.31. The number of hydrogen-bond acceptors (Lipinski definition) is 4. The van der Waals surface area contributed by atoms with Crippen LogP contribution in [0.3, 0.4) is 0 Å². The van der Waals surface area contributed by atoms with Crippen molar-refractivity contribution in [2.75, 3.05) is 20.3 Å². The topological polar surface area (TPSA) is 66.8 Å². The molecule has 0 spiro atoms. The summed E-state index contributed by atoms with van der Waals surface area (Å²) in [4.78, 5) is 27.7. The van der Waals surface area contributed by atoms with Crippen molar-refractivity contribution in [3.8, 4) is 0 Å². The first kappa shape index (κ1) is 22.7. The van der Waals surface area contributed by atoms with Gasteiger partial charge in [-0.25, -0.2) is 0 Å². The van der Waals surface area contributed by atoms with E-state index in [0.29, 0.717) is 31.1 Å². The second-order valence-electron chi connectivity index (χ2n) is 8.72. The van der Waals surface area contributed by atoms with E-state index in [2.05, 4.69) is 13.8 Å². The zero-order chi connectivity index (χ0) is 23.5. The van der Waals surface area contributed by atoms with Gasteiger partial charge in [0.05, 0.1) is 11.6 Å². The number of fused-ring (bicyclic) bond motifs is 1. The van der Waals surface area contributed by atoms with Gasteiger partial charge in [-0.05, 0) is 40.3 Å². The molecule has 1 N–H and O–H groups in total. The number of Topliss-reactive ketones (excluding diaryl/α,β-unsaturated/α-hetero) is 1. The molecule has 1 heterocycles. The number of hydrogen-bond donors (Lipinski definition) is 1. The van der Waals surface area contributed by atoms with Crippen LogP contribution in [-0.4, -0.2) is 42.0 Å². The average Bonchev–Trinajstić information content (AvgIpc) is 3.08. The summed E-state index contributed by atoms with van der Waals surface area (Å²) in [5.74, 6) is -1.03. The summed E-state index contributed by atoms with van der Waals surface area (Å²) in [5, 5.41) is 13.3. The Labute approximate surface area is 194 Å². The molecular weight excluding hydrogens is 414 g/mol. The van der Waals surface area contributed by atoms with Crippen LogP contribution in [0.1, 0.15) is 48.9 Å². The highest BCUT2D eigenvalue weighted by Gasteiger charge is 2.45. The minimum atomic E-state index is -0.656. The molecule has 3 aromatic carbocycles. The molecule has 0 bridgehead atoms. The highest BCUT2D eigenvalue weighted by atomic mass is 16.5. The largest absolute Gasteiger partial charge is 0.507 e. The summed E-state index contributed by atoms with van der Waals surface area (Å²) in [7, 11) is 1.61. The van der Waals surface area contributed by atoms with Crippen LogP contribution in [0.15, 0.2) is 72.3 Å². The maximum atomic E-state index is 13.1. The van der Waals surface area contributed by atoms with Gasteiger partial charge in [0.1, 0.15) is 5.76 Å². The Bertz CT molecular complexity index is 1210. The fourth-order valence-electron chi connectivity index (χ4n) is 4.39. The molecule has 1 amide bonds. The van der Waals surface area contributed by atoms with E-state index in [1.807, 2.05) is 60.7 Å². The van der Waals surface area contributed by atoms with E-state index < -0.39 is 17.7 Å². The van der Waals surface area contributed by atoms with E-state index in [1.54, 1.807) is 18.1 Å². The molecule has 1 atom stereocenters. The van der Waals surface area contributed by atoms with Crippen LogP contribution < -0.4 is 0 Å². The minimum Gasteiger partial charge on any atom is -0.507 e. The number of benzene rings is 3. The molecule has 0 aliphatic carbocycles. The number of rotatable bonds is 7. The van der Waals surface area contributed by atoms with Crippen molar-refractivity contribution in [2.24, 2.45) is 0 Å². The molecular formula is C28H29NO4. The number of nitrogens with zero attached hydrogens (tertiary/aromatic N) is 1. The van der Waals surface area contributed by atoms with Gasteiger partial charge in [0.15, 0.2) is 0 Å². The quantitative estimate of drug-likeness (QED) is 0.229. The maximum Gasteiger partial charge on any atom is 0.295 e. The normalized spacial score (nSPS) is 17.9. The molecule has 1 saturated heterocycles. The van der Waals surface area contributed by atoms with Gasteiger partial charge in [0.25, 0.3) is 11.7 Å². The van der Waals surface area contributed by atoms with Crippen LogP contribution in [0.2, 0.25) is 0 Å². The van der Waals surface area contributed by atoms with Crippen molar-refractivity contribution in [1.29, 1.82) is 0 Å². The Balaban J connectivity index is 1.83. The molecule has 4 rings (SSSR count). The zero-order valence-electron chi connectivity index (χ0n) is 19.2. The van der Waals surface area contributed by atoms with Crippen molar-refractivity contribution in [3.05, 3.63) is 89.0 Å². The molecule has 3 aromatic rings. The predicted octanol–water partition coefficient (Wildman–Crippen LogP) is 5.42. The fourth-order valence-corrected chi connectivity index (χ4v) is 4.39. The monoisotopic (exact) mass is 443 g/mol. The molecule has 5 nitrogen and oxygen atoms in total. The van der Waals surface area contributed by atoms with Crippen molar-refractivity contribution in [1.82, 2.24) is 4.90 Å². The molecule has 0 saturated carbocycles. The van der Waals surface area contributed by atoms with E-state index >= 15 is 0 Å². The number of aliphatic hydroxyl groups is 1. The predicted molar refractivity (Wildman–Crippen MR) is 130 cm³/mol. The van der Waals surface area contributed by atoms with Crippen LogP contribution >= 0.6 is 0 Å². The number of aliphatic hydroxyl groups excluding tert-OH is 1. The van der Waals surface area contributed by atoms with Gasteiger partial charge in [-0.2, -0.15) is 0 Å². The van der Waals surface area contributed by atoms with Crippen LogP contribution in [-0.2, 0) is 14.3 Å². The lowest BCUT2D eigenvalue weighted by Gasteiger charge is -2.25. The minimum absolute atomic E-state index is 0.130. The highest BCUT2D eigenvalue weighted by Crippen LogP contribution is 2.40. The van der Waals surface area contributed by atoms with Gasteiger partial charge in [0, 0.05) is 25.8 Å². The Hall–Kier alpha value is -3.44. The van der Waals surface area contributed by atoms with Crippen LogP contribution in [0.25, 0.3) is 16.5 Å². The zero-order valence-corrected chi connectivity index (χ0v) is 19.2.